The molecule has 0 radical (unpaired) electrons. The lowest BCUT2D eigenvalue weighted by Gasteiger charge is -2.39. The molecule has 0 aromatic heterocycles. The summed E-state index contributed by atoms with van der Waals surface area (Å²) in [4.78, 5) is 7.74. The largest absolute Gasteiger partial charge is 0.314 e. The molecule has 1 N–H and O–H groups in total. The van der Waals surface area contributed by atoms with Gasteiger partial charge in [-0.15, -0.1) is 0 Å². The molecule has 2 saturated heterocycles. The quantitative estimate of drug-likeness (QED) is 0.182. The van der Waals surface area contributed by atoms with Crippen molar-refractivity contribution in [3.63, 3.8) is 0 Å². The van der Waals surface area contributed by atoms with Crippen LogP contribution < -0.4 is 5.32 Å². The van der Waals surface area contributed by atoms with Crippen LogP contribution in [0.2, 0.25) is 0 Å². The molecule has 0 unspecified atom stereocenters. The Morgan fingerprint density at radius 2 is 0.809 bits per heavy atom. The van der Waals surface area contributed by atoms with Crippen molar-refractivity contribution < 1.29 is 0 Å². The van der Waals surface area contributed by atoms with E-state index in [1.165, 1.54) is 27.8 Å². The summed E-state index contributed by atoms with van der Waals surface area (Å²) in [6.45, 7) is 9.78. The molecule has 0 aliphatic carbocycles. The second-order valence-electron chi connectivity index (χ2n) is 12.4. The van der Waals surface area contributed by atoms with E-state index in [1.807, 2.05) is 0 Å². The van der Waals surface area contributed by atoms with Crippen molar-refractivity contribution in [2.45, 2.75) is 12.1 Å². The minimum absolute atomic E-state index is 0.337. The Morgan fingerprint density at radius 3 is 1.21 bits per heavy atom. The Morgan fingerprint density at radius 1 is 0.447 bits per heavy atom. The van der Waals surface area contributed by atoms with Crippen LogP contribution >= 0.6 is 0 Å². The van der Waals surface area contributed by atoms with E-state index in [2.05, 4.69) is 184 Å². The van der Waals surface area contributed by atoms with Crippen molar-refractivity contribution in [1.29, 1.82) is 0 Å². The van der Waals surface area contributed by atoms with E-state index in [1.54, 1.807) is 0 Å². The van der Waals surface area contributed by atoms with Gasteiger partial charge in [-0.2, -0.15) is 0 Å². The zero-order valence-corrected chi connectivity index (χ0v) is 27.4. The molecule has 0 amide bonds. The highest BCUT2D eigenvalue weighted by molar-refractivity contribution is 5.48. The van der Waals surface area contributed by atoms with Crippen LogP contribution in [0, 0.1) is 0 Å². The normalized spacial score (nSPS) is 16.3. The number of hydrogen-bond donors (Lipinski definition) is 1. The Balaban J connectivity index is 0.000000177. The topological polar surface area (TPSA) is 21.8 Å². The fourth-order valence-corrected chi connectivity index (χ4v) is 6.82. The molecular weight excluding hydrogens is 573 g/mol. The van der Waals surface area contributed by atoms with Crippen LogP contribution in [0.15, 0.2) is 158 Å². The number of nitrogens with zero attached hydrogens (tertiary/aromatic N) is 3. The molecule has 7 rings (SSSR count). The molecule has 2 aliphatic heterocycles. The number of benzene rings is 5. The number of rotatable bonds is 9. The summed E-state index contributed by atoms with van der Waals surface area (Å²) >= 11 is 0. The zero-order valence-electron chi connectivity index (χ0n) is 27.4. The van der Waals surface area contributed by atoms with Crippen LogP contribution in [0.5, 0.6) is 0 Å². The van der Waals surface area contributed by atoms with Crippen LogP contribution in [-0.2, 0) is 0 Å². The van der Waals surface area contributed by atoms with Crippen LogP contribution in [0.4, 0.5) is 0 Å². The van der Waals surface area contributed by atoms with Gasteiger partial charge in [0.2, 0.25) is 0 Å². The van der Waals surface area contributed by atoms with Crippen LogP contribution in [0.1, 0.15) is 39.9 Å². The first kappa shape index (κ1) is 32.6. The molecule has 5 aromatic rings. The van der Waals surface area contributed by atoms with Gasteiger partial charge in [0.15, 0.2) is 0 Å². The molecule has 47 heavy (non-hydrogen) atoms. The predicted octanol–water partition coefficient (Wildman–Crippen LogP) is 7.79. The van der Waals surface area contributed by atoms with Gasteiger partial charge >= 0.3 is 0 Å². The first-order chi connectivity index (χ1) is 23.3. The van der Waals surface area contributed by atoms with Crippen molar-refractivity contribution in [1.82, 2.24) is 20.0 Å². The number of nitrogens with one attached hydrogen (secondary N) is 1. The third-order valence-electron chi connectivity index (χ3n) is 9.22. The predicted molar refractivity (Wildman–Crippen MR) is 197 cm³/mol. The maximum absolute atomic E-state index is 3.43. The fraction of sp³-hybridized carbons (Fsp3) is 0.256. The van der Waals surface area contributed by atoms with Gasteiger partial charge < -0.3 is 5.32 Å². The SMILES string of the molecule is C(=Cc1ccccc1)CN1CCN(C(c2ccccc2)c2ccccc2)CC1.c1ccc(C(c2ccccc2)N2CCNCC2)cc1. The van der Waals surface area contributed by atoms with Crippen molar-refractivity contribution in [2.75, 3.05) is 58.9 Å². The Hall–Kier alpha value is -4.32. The second kappa shape index (κ2) is 17.6. The molecule has 4 heteroatoms. The summed E-state index contributed by atoms with van der Waals surface area (Å²) < 4.78 is 0. The molecule has 0 bridgehead atoms. The van der Waals surface area contributed by atoms with Gasteiger partial charge in [-0.05, 0) is 27.8 Å². The molecule has 0 spiro atoms. The highest BCUT2D eigenvalue weighted by atomic mass is 15.3. The van der Waals surface area contributed by atoms with Crippen molar-refractivity contribution in [3.8, 4) is 0 Å². The smallest absolute Gasteiger partial charge is 0.0602 e. The first-order valence-corrected chi connectivity index (χ1v) is 17.2. The van der Waals surface area contributed by atoms with E-state index in [0.29, 0.717) is 12.1 Å². The molecule has 2 fully saturated rings. The van der Waals surface area contributed by atoms with Crippen molar-refractivity contribution >= 4 is 6.08 Å². The molecule has 5 aromatic carbocycles. The number of hydrogen-bond acceptors (Lipinski definition) is 4. The van der Waals surface area contributed by atoms with Gasteiger partial charge in [0.25, 0.3) is 0 Å². The lowest BCUT2D eigenvalue weighted by atomic mass is 9.96. The van der Waals surface area contributed by atoms with Gasteiger partial charge in [0, 0.05) is 58.9 Å². The summed E-state index contributed by atoms with van der Waals surface area (Å²) in [5, 5.41) is 3.43. The van der Waals surface area contributed by atoms with Gasteiger partial charge in [0.1, 0.15) is 0 Å². The molecule has 4 nitrogen and oxygen atoms in total. The van der Waals surface area contributed by atoms with E-state index < -0.39 is 0 Å². The van der Waals surface area contributed by atoms with E-state index >= 15 is 0 Å². The molecular formula is C43H48N4. The van der Waals surface area contributed by atoms with Crippen LogP contribution in [0.25, 0.3) is 6.08 Å². The van der Waals surface area contributed by atoms with Crippen LogP contribution in [-0.4, -0.2) is 73.6 Å². The van der Waals surface area contributed by atoms with Gasteiger partial charge in [-0.3, -0.25) is 14.7 Å². The van der Waals surface area contributed by atoms with Crippen molar-refractivity contribution in [3.05, 3.63) is 186 Å². The zero-order chi connectivity index (χ0) is 31.9. The average molecular weight is 621 g/mol. The summed E-state index contributed by atoms with van der Waals surface area (Å²) in [5.74, 6) is 0. The Labute approximate surface area is 282 Å². The van der Waals surface area contributed by atoms with E-state index in [9.17, 15) is 0 Å². The Kier molecular flexibility index (Phi) is 12.2. The number of piperazine rings is 2. The molecule has 2 heterocycles. The molecule has 2 aliphatic rings. The monoisotopic (exact) mass is 620 g/mol. The van der Waals surface area contributed by atoms with E-state index in [0.717, 1.165) is 58.9 Å². The lowest BCUT2D eigenvalue weighted by molar-refractivity contribution is 0.118. The average Bonchev–Trinajstić information content (AvgIpc) is 3.16. The minimum Gasteiger partial charge on any atom is -0.314 e. The summed E-state index contributed by atoms with van der Waals surface area (Å²) in [7, 11) is 0. The van der Waals surface area contributed by atoms with Gasteiger partial charge in [0.05, 0.1) is 12.1 Å². The summed E-state index contributed by atoms with van der Waals surface area (Å²) in [6.07, 6.45) is 4.51. The highest BCUT2D eigenvalue weighted by Crippen LogP contribution is 2.30. The van der Waals surface area contributed by atoms with Gasteiger partial charge in [-0.25, -0.2) is 0 Å². The molecule has 240 valence electrons. The lowest BCUT2D eigenvalue weighted by Crippen LogP contribution is -2.47. The van der Waals surface area contributed by atoms with E-state index in [-0.39, 0.29) is 0 Å². The third-order valence-corrected chi connectivity index (χ3v) is 9.22. The summed E-state index contributed by atoms with van der Waals surface area (Å²) in [6, 6.07) is 54.7. The fourth-order valence-electron chi connectivity index (χ4n) is 6.82. The minimum atomic E-state index is 0.337. The standard InChI is InChI=1S/C26H28N2.C17H20N2/c1-4-11-23(12-5-1)13-10-18-27-19-21-28(22-20-27)26(24-14-6-2-7-15-24)25-16-8-3-9-17-25;1-3-7-15(8-4-1)17(16-9-5-2-6-10-16)19-13-11-18-12-14-19/h1-17,26H,18-22H2;1-10,17-18H,11-14H2. The van der Waals surface area contributed by atoms with Gasteiger partial charge in [-0.1, -0.05) is 164 Å². The Bertz CT molecular complexity index is 1500. The maximum Gasteiger partial charge on any atom is 0.0602 e. The van der Waals surface area contributed by atoms with Crippen LogP contribution in [0.3, 0.4) is 0 Å². The molecule has 0 saturated carbocycles. The molecule has 0 atom stereocenters. The van der Waals surface area contributed by atoms with Crippen molar-refractivity contribution in [2.24, 2.45) is 0 Å². The van der Waals surface area contributed by atoms with E-state index in [4.69, 9.17) is 0 Å². The third kappa shape index (κ3) is 9.37. The summed E-state index contributed by atoms with van der Waals surface area (Å²) in [5.41, 5.74) is 6.80. The maximum atomic E-state index is 3.43. The highest BCUT2D eigenvalue weighted by Gasteiger charge is 2.26. The first-order valence-electron chi connectivity index (χ1n) is 17.2. The second-order valence-corrected chi connectivity index (χ2v) is 12.4.